The van der Waals surface area contributed by atoms with Crippen molar-refractivity contribution >= 4 is 17.2 Å². The topological polar surface area (TPSA) is 28.2 Å². The van der Waals surface area contributed by atoms with Gasteiger partial charge in [0.05, 0.1) is 6.54 Å². The highest BCUT2D eigenvalue weighted by atomic mass is 32.1. The van der Waals surface area contributed by atoms with Gasteiger partial charge in [-0.25, -0.2) is 4.98 Å². The molecule has 2 aromatic heterocycles. The lowest BCUT2D eigenvalue weighted by molar-refractivity contribution is 0.671. The van der Waals surface area contributed by atoms with Crippen LogP contribution in [0.4, 0.5) is 5.82 Å². The molecule has 0 unspecified atom stereocenters. The second kappa shape index (κ2) is 7.26. The molecule has 4 heteroatoms. The third-order valence-electron chi connectivity index (χ3n) is 2.94. The molecule has 0 atom stereocenters. The summed E-state index contributed by atoms with van der Waals surface area (Å²) in [5.74, 6) is 1.07. The molecule has 0 radical (unpaired) electrons. The normalized spacial score (nSPS) is 10.6. The van der Waals surface area contributed by atoms with Crippen LogP contribution < -0.4 is 10.2 Å². The number of pyridine rings is 1. The van der Waals surface area contributed by atoms with E-state index < -0.39 is 0 Å². The summed E-state index contributed by atoms with van der Waals surface area (Å²) in [6, 6.07) is 8.41. The summed E-state index contributed by atoms with van der Waals surface area (Å²) in [4.78, 5) is 8.11. The summed E-state index contributed by atoms with van der Waals surface area (Å²) in [6.45, 7) is 5.02. The molecule has 0 spiro atoms. The minimum atomic E-state index is 0.881. The van der Waals surface area contributed by atoms with E-state index in [2.05, 4.69) is 52.8 Å². The van der Waals surface area contributed by atoms with Gasteiger partial charge in [-0.05, 0) is 30.5 Å². The number of hydrogen-bond acceptors (Lipinski definition) is 4. The van der Waals surface area contributed by atoms with Crippen LogP contribution in [0.25, 0.3) is 0 Å². The van der Waals surface area contributed by atoms with Gasteiger partial charge in [0.25, 0.3) is 0 Å². The van der Waals surface area contributed by atoms with Crippen molar-refractivity contribution in [2.75, 3.05) is 18.5 Å². The van der Waals surface area contributed by atoms with Crippen molar-refractivity contribution < 1.29 is 0 Å². The van der Waals surface area contributed by atoms with E-state index in [1.807, 2.05) is 12.3 Å². The quantitative estimate of drug-likeness (QED) is 0.786. The van der Waals surface area contributed by atoms with Crippen LogP contribution in [-0.4, -0.2) is 18.6 Å². The van der Waals surface area contributed by atoms with Crippen LogP contribution >= 0.6 is 11.3 Å². The first-order valence-corrected chi connectivity index (χ1v) is 7.57. The Labute approximate surface area is 119 Å². The van der Waals surface area contributed by atoms with Gasteiger partial charge in [0.15, 0.2) is 0 Å². The summed E-state index contributed by atoms with van der Waals surface area (Å²) in [6.07, 6.45) is 3.02. The Morgan fingerprint density at radius 2 is 2.21 bits per heavy atom. The maximum Gasteiger partial charge on any atom is 0.133 e. The molecular formula is C15H21N3S. The lowest BCUT2D eigenvalue weighted by Gasteiger charge is -2.20. The van der Waals surface area contributed by atoms with Crippen molar-refractivity contribution in [2.45, 2.75) is 26.4 Å². The SMILES string of the molecule is CCCNCc1cccnc1N(C)Cc1cccs1. The van der Waals surface area contributed by atoms with Crippen molar-refractivity contribution in [3.63, 3.8) is 0 Å². The molecule has 0 saturated heterocycles. The monoisotopic (exact) mass is 275 g/mol. The Hall–Kier alpha value is -1.39. The Morgan fingerprint density at radius 3 is 2.95 bits per heavy atom. The molecule has 0 fully saturated rings. The van der Waals surface area contributed by atoms with Gasteiger partial charge in [-0.2, -0.15) is 0 Å². The zero-order chi connectivity index (χ0) is 13.5. The van der Waals surface area contributed by atoms with Crippen LogP contribution in [0, 0.1) is 0 Å². The maximum absolute atomic E-state index is 4.53. The van der Waals surface area contributed by atoms with E-state index in [-0.39, 0.29) is 0 Å². The second-order valence-corrected chi connectivity index (χ2v) is 5.63. The van der Waals surface area contributed by atoms with E-state index in [0.29, 0.717) is 0 Å². The van der Waals surface area contributed by atoms with Gasteiger partial charge in [0.1, 0.15) is 5.82 Å². The zero-order valence-corrected chi connectivity index (χ0v) is 12.4. The van der Waals surface area contributed by atoms with Gasteiger partial charge in [-0.3, -0.25) is 0 Å². The fourth-order valence-corrected chi connectivity index (χ4v) is 2.78. The van der Waals surface area contributed by atoms with Gasteiger partial charge in [0.2, 0.25) is 0 Å². The predicted molar refractivity (Wildman–Crippen MR) is 82.7 cm³/mol. The average molecular weight is 275 g/mol. The number of aromatic nitrogens is 1. The fraction of sp³-hybridized carbons (Fsp3) is 0.400. The molecule has 0 aliphatic rings. The molecule has 0 aliphatic heterocycles. The number of hydrogen-bond donors (Lipinski definition) is 1. The molecule has 0 bridgehead atoms. The van der Waals surface area contributed by atoms with E-state index in [1.165, 1.54) is 10.4 Å². The molecule has 1 N–H and O–H groups in total. The predicted octanol–water partition coefficient (Wildman–Crippen LogP) is 3.28. The molecule has 2 rings (SSSR count). The molecule has 2 heterocycles. The molecule has 19 heavy (non-hydrogen) atoms. The lowest BCUT2D eigenvalue weighted by Crippen LogP contribution is -2.21. The summed E-state index contributed by atoms with van der Waals surface area (Å²) in [7, 11) is 2.10. The molecule has 0 aromatic carbocycles. The van der Waals surface area contributed by atoms with Crippen LogP contribution in [-0.2, 0) is 13.1 Å². The first-order chi connectivity index (χ1) is 9.31. The van der Waals surface area contributed by atoms with Crippen molar-refractivity contribution in [3.8, 4) is 0 Å². The number of rotatable bonds is 7. The number of thiophene rings is 1. The van der Waals surface area contributed by atoms with Gasteiger partial charge in [-0.1, -0.05) is 19.1 Å². The third-order valence-corrected chi connectivity index (χ3v) is 3.81. The lowest BCUT2D eigenvalue weighted by atomic mass is 10.2. The zero-order valence-electron chi connectivity index (χ0n) is 11.6. The summed E-state index contributed by atoms with van der Waals surface area (Å²) < 4.78 is 0. The van der Waals surface area contributed by atoms with Gasteiger partial charge < -0.3 is 10.2 Å². The summed E-state index contributed by atoms with van der Waals surface area (Å²) in [5, 5.41) is 5.56. The van der Waals surface area contributed by atoms with Gasteiger partial charge in [0, 0.05) is 30.2 Å². The minimum absolute atomic E-state index is 0.881. The van der Waals surface area contributed by atoms with Crippen molar-refractivity contribution in [3.05, 3.63) is 46.3 Å². The molecule has 0 amide bonds. The van der Waals surface area contributed by atoms with Gasteiger partial charge in [-0.15, -0.1) is 11.3 Å². The fourth-order valence-electron chi connectivity index (χ4n) is 2.02. The first kappa shape index (κ1) is 14.0. The number of anilines is 1. The smallest absolute Gasteiger partial charge is 0.133 e. The average Bonchev–Trinajstić information content (AvgIpc) is 2.92. The van der Waals surface area contributed by atoms with Crippen molar-refractivity contribution in [1.29, 1.82) is 0 Å². The van der Waals surface area contributed by atoms with Crippen LogP contribution in [0.15, 0.2) is 35.8 Å². The maximum atomic E-state index is 4.53. The van der Waals surface area contributed by atoms with Crippen LogP contribution in [0.2, 0.25) is 0 Å². The van der Waals surface area contributed by atoms with E-state index in [0.717, 1.165) is 31.9 Å². The van der Waals surface area contributed by atoms with Crippen molar-refractivity contribution in [2.24, 2.45) is 0 Å². The Balaban J connectivity index is 2.05. The van der Waals surface area contributed by atoms with E-state index in [9.17, 15) is 0 Å². The van der Waals surface area contributed by atoms with Crippen LogP contribution in [0.3, 0.4) is 0 Å². The highest BCUT2D eigenvalue weighted by Crippen LogP contribution is 2.19. The van der Waals surface area contributed by atoms with E-state index in [4.69, 9.17) is 0 Å². The number of nitrogens with one attached hydrogen (secondary N) is 1. The number of nitrogens with zero attached hydrogens (tertiary/aromatic N) is 2. The standard InChI is InChI=1S/C15H21N3S/c1-3-8-16-11-13-6-4-9-17-15(13)18(2)12-14-7-5-10-19-14/h4-7,9-10,16H,3,8,11-12H2,1-2H3. The highest BCUT2D eigenvalue weighted by Gasteiger charge is 2.09. The molecule has 0 aliphatic carbocycles. The van der Waals surface area contributed by atoms with Gasteiger partial charge >= 0.3 is 0 Å². The Morgan fingerprint density at radius 1 is 1.32 bits per heavy atom. The first-order valence-electron chi connectivity index (χ1n) is 6.69. The van der Waals surface area contributed by atoms with Crippen LogP contribution in [0.5, 0.6) is 0 Å². The van der Waals surface area contributed by atoms with Crippen LogP contribution in [0.1, 0.15) is 23.8 Å². The third kappa shape index (κ3) is 4.04. The van der Waals surface area contributed by atoms with E-state index in [1.54, 1.807) is 11.3 Å². The Kier molecular flexibility index (Phi) is 5.36. The van der Waals surface area contributed by atoms with Crippen molar-refractivity contribution in [1.82, 2.24) is 10.3 Å². The second-order valence-electron chi connectivity index (χ2n) is 4.60. The van der Waals surface area contributed by atoms with E-state index >= 15 is 0 Å². The molecule has 102 valence electrons. The molecule has 0 saturated carbocycles. The summed E-state index contributed by atoms with van der Waals surface area (Å²) in [5.41, 5.74) is 1.26. The largest absolute Gasteiger partial charge is 0.354 e. The molecular weight excluding hydrogens is 254 g/mol. The summed E-state index contributed by atoms with van der Waals surface area (Å²) >= 11 is 1.79. The molecule has 3 nitrogen and oxygen atoms in total. The molecule has 2 aromatic rings. The highest BCUT2D eigenvalue weighted by molar-refractivity contribution is 7.09. The Bertz CT molecular complexity index is 482. The minimum Gasteiger partial charge on any atom is -0.354 e.